The molecule has 0 spiro atoms. The maximum Gasteiger partial charge on any atom is 0.335 e. The molecular weight excluding hydrogens is 470 g/mol. The van der Waals surface area contributed by atoms with E-state index in [1.165, 1.54) is 32.4 Å². The summed E-state index contributed by atoms with van der Waals surface area (Å²) in [7, 11) is 2.94. The van der Waals surface area contributed by atoms with Crippen LogP contribution >= 0.6 is 0 Å². The lowest BCUT2D eigenvalue weighted by Gasteiger charge is -2.27. The van der Waals surface area contributed by atoms with Crippen molar-refractivity contribution in [1.82, 2.24) is 10.2 Å². The second-order valence-electron chi connectivity index (χ2n) is 7.85. The zero-order valence-corrected chi connectivity index (χ0v) is 19.8. The minimum Gasteiger partial charge on any atom is -0.497 e. The van der Waals surface area contributed by atoms with Crippen molar-refractivity contribution in [3.8, 4) is 17.2 Å². The van der Waals surface area contributed by atoms with Gasteiger partial charge in [0, 0.05) is 13.1 Å². The third-order valence-electron chi connectivity index (χ3n) is 5.65. The molecule has 0 aromatic heterocycles. The summed E-state index contributed by atoms with van der Waals surface area (Å²) in [6.45, 7) is 1.84. The first-order valence-corrected chi connectivity index (χ1v) is 11.1. The van der Waals surface area contributed by atoms with Gasteiger partial charge in [-0.1, -0.05) is 6.07 Å². The largest absolute Gasteiger partial charge is 0.497 e. The van der Waals surface area contributed by atoms with Gasteiger partial charge in [0.05, 0.1) is 33.1 Å². The van der Waals surface area contributed by atoms with Crippen LogP contribution in [0.1, 0.15) is 5.56 Å². The van der Waals surface area contributed by atoms with E-state index in [2.05, 4.69) is 5.32 Å². The molecule has 0 aliphatic carbocycles. The predicted octanol–water partition coefficient (Wildman–Crippen LogP) is 1.61. The monoisotopic (exact) mass is 495 g/mol. The number of nitrogens with one attached hydrogen (secondary N) is 1. The molecule has 0 saturated carbocycles. The van der Waals surface area contributed by atoms with Gasteiger partial charge in [-0.15, -0.1) is 0 Å². The fraction of sp³-hybridized carbons (Fsp3) is 0.280. The Morgan fingerprint density at radius 2 is 1.72 bits per heavy atom. The van der Waals surface area contributed by atoms with Crippen LogP contribution in [0.4, 0.5) is 10.5 Å². The number of imide groups is 2. The van der Waals surface area contributed by atoms with Crippen molar-refractivity contribution in [1.29, 1.82) is 0 Å². The highest BCUT2D eigenvalue weighted by Crippen LogP contribution is 2.30. The molecule has 0 unspecified atom stereocenters. The number of hydrogen-bond acceptors (Lipinski definition) is 8. The molecule has 2 fully saturated rings. The number of morpholine rings is 1. The van der Waals surface area contributed by atoms with E-state index < -0.39 is 17.8 Å². The number of carbonyl (C=O) groups excluding carboxylic acids is 4. The Morgan fingerprint density at radius 1 is 1.00 bits per heavy atom. The first kappa shape index (κ1) is 24.7. The highest BCUT2D eigenvalue weighted by molar-refractivity contribution is 6.39. The Hall–Kier alpha value is -4.38. The molecule has 2 aromatic carbocycles. The number of methoxy groups -OCH3 is 2. The average molecular weight is 495 g/mol. The standard InChI is InChI=1S/C25H25N3O8/c1-33-18-6-4-17(5-7-18)28-24(31)19(23(30)26-25(28)32)13-16-3-8-20(21(14-16)34-2)36-15-22(29)27-9-11-35-12-10-27/h3-8,13-14H,9-12,15H2,1-2H3,(H,26,30,32). The second kappa shape index (κ2) is 10.9. The van der Waals surface area contributed by atoms with Gasteiger partial charge < -0.3 is 23.8 Å². The van der Waals surface area contributed by atoms with Gasteiger partial charge in [-0.3, -0.25) is 19.7 Å². The summed E-state index contributed by atoms with van der Waals surface area (Å²) in [5, 5.41) is 2.18. The lowest BCUT2D eigenvalue weighted by atomic mass is 10.1. The molecule has 2 aromatic rings. The van der Waals surface area contributed by atoms with Crippen molar-refractivity contribution in [3.05, 3.63) is 53.6 Å². The summed E-state index contributed by atoms with van der Waals surface area (Å²) in [4.78, 5) is 52.9. The van der Waals surface area contributed by atoms with Crippen molar-refractivity contribution in [2.75, 3.05) is 52.0 Å². The number of urea groups is 1. The molecule has 0 radical (unpaired) electrons. The summed E-state index contributed by atoms with van der Waals surface area (Å²) in [6, 6.07) is 10.2. The number of amides is 5. The fourth-order valence-corrected chi connectivity index (χ4v) is 3.73. The highest BCUT2D eigenvalue weighted by Gasteiger charge is 2.36. The Bertz CT molecular complexity index is 1200. The van der Waals surface area contributed by atoms with E-state index in [-0.39, 0.29) is 23.8 Å². The first-order valence-electron chi connectivity index (χ1n) is 11.1. The number of benzene rings is 2. The summed E-state index contributed by atoms with van der Waals surface area (Å²) in [5.41, 5.74) is 0.507. The molecule has 2 heterocycles. The maximum absolute atomic E-state index is 13.1. The van der Waals surface area contributed by atoms with Crippen molar-refractivity contribution in [3.63, 3.8) is 0 Å². The third kappa shape index (κ3) is 5.31. The van der Waals surface area contributed by atoms with Gasteiger partial charge in [0.1, 0.15) is 11.3 Å². The van der Waals surface area contributed by atoms with Gasteiger partial charge in [0.15, 0.2) is 18.1 Å². The SMILES string of the molecule is COc1ccc(N2C(=O)NC(=O)C(=Cc3ccc(OCC(=O)N4CCOCC4)c(OC)c3)C2=O)cc1. The smallest absolute Gasteiger partial charge is 0.335 e. The van der Waals surface area contributed by atoms with E-state index in [4.69, 9.17) is 18.9 Å². The molecule has 2 aliphatic rings. The molecule has 188 valence electrons. The molecule has 5 amide bonds. The predicted molar refractivity (Wildman–Crippen MR) is 128 cm³/mol. The number of hydrogen-bond donors (Lipinski definition) is 1. The van der Waals surface area contributed by atoms with Crippen LogP contribution in [0, 0.1) is 0 Å². The number of nitrogens with zero attached hydrogens (tertiary/aromatic N) is 2. The molecule has 11 heteroatoms. The Kier molecular flexibility index (Phi) is 7.50. The second-order valence-corrected chi connectivity index (χ2v) is 7.85. The lowest BCUT2D eigenvalue weighted by Crippen LogP contribution is -2.54. The number of ether oxygens (including phenoxy) is 4. The van der Waals surface area contributed by atoms with E-state index >= 15 is 0 Å². The number of barbiturate groups is 1. The van der Waals surface area contributed by atoms with Gasteiger partial charge in [-0.2, -0.15) is 0 Å². The quantitative estimate of drug-likeness (QED) is 0.454. The summed E-state index contributed by atoms with van der Waals surface area (Å²) in [5.74, 6) is -0.563. The maximum atomic E-state index is 13.1. The average Bonchev–Trinajstić information content (AvgIpc) is 2.90. The minimum absolute atomic E-state index is 0.167. The molecule has 0 bridgehead atoms. The summed E-state index contributed by atoms with van der Waals surface area (Å²) in [6.07, 6.45) is 1.35. The molecule has 36 heavy (non-hydrogen) atoms. The highest BCUT2D eigenvalue weighted by atomic mass is 16.5. The first-order chi connectivity index (χ1) is 17.4. The fourth-order valence-electron chi connectivity index (χ4n) is 3.73. The molecule has 0 atom stereocenters. The van der Waals surface area contributed by atoms with E-state index in [9.17, 15) is 19.2 Å². The topological polar surface area (TPSA) is 124 Å². The van der Waals surface area contributed by atoms with E-state index in [0.29, 0.717) is 49.1 Å². The summed E-state index contributed by atoms with van der Waals surface area (Å²) >= 11 is 0. The number of carbonyl (C=O) groups is 4. The Balaban J connectivity index is 1.52. The van der Waals surface area contributed by atoms with Crippen LogP contribution in [-0.4, -0.2) is 75.8 Å². The molecule has 2 saturated heterocycles. The molecule has 4 rings (SSSR count). The van der Waals surface area contributed by atoms with Crippen molar-refractivity contribution >= 4 is 35.5 Å². The zero-order valence-electron chi connectivity index (χ0n) is 19.8. The van der Waals surface area contributed by atoms with Crippen LogP contribution in [0.5, 0.6) is 17.2 Å². The Morgan fingerprint density at radius 3 is 2.39 bits per heavy atom. The molecular formula is C25H25N3O8. The van der Waals surface area contributed by atoms with Crippen LogP contribution in [0.25, 0.3) is 6.08 Å². The number of anilines is 1. The third-order valence-corrected chi connectivity index (χ3v) is 5.65. The van der Waals surface area contributed by atoms with Gasteiger partial charge in [0.25, 0.3) is 17.7 Å². The van der Waals surface area contributed by atoms with E-state index in [1.54, 1.807) is 35.2 Å². The van der Waals surface area contributed by atoms with Crippen LogP contribution in [0.3, 0.4) is 0 Å². The van der Waals surface area contributed by atoms with Crippen LogP contribution in [0.2, 0.25) is 0 Å². The van der Waals surface area contributed by atoms with E-state index in [1.807, 2.05) is 0 Å². The number of rotatable bonds is 7. The summed E-state index contributed by atoms with van der Waals surface area (Å²) < 4.78 is 21.4. The van der Waals surface area contributed by atoms with Gasteiger partial charge in [-0.25, -0.2) is 9.69 Å². The lowest BCUT2D eigenvalue weighted by molar-refractivity contribution is -0.137. The van der Waals surface area contributed by atoms with Gasteiger partial charge in [0.2, 0.25) is 0 Å². The van der Waals surface area contributed by atoms with Crippen molar-refractivity contribution < 1.29 is 38.1 Å². The minimum atomic E-state index is -0.849. The molecule has 2 aliphatic heterocycles. The van der Waals surface area contributed by atoms with Crippen LogP contribution in [0.15, 0.2) is 48.0 Å². The van der Waals surface area contributed by atoms with Crippen LogP contribution < -0.4 is 24.4 Å². The van der Waals surface area contributed by atoms with Crippen molar-refractivity contribution in [2.24, 2.45) is 0 Å². The van der Waals surface area contributed by atoms with Crippen LogP contribution in [-0.2, 0) is 19.1 Å². The zero-order chi connectivity index (χ0) is 25.7. The normalized spacial score (nSPS) is 17.2. The Labute approximate surface area is 207 Å². The molecule has 1 N–H and O–H groups in total. The van der Waals surface area contributed by atoms with Crippen molar-refractivity contribution in [2.45, 2.75) is 0 Å². The van der Waals surface area contributed by atoms with Gasteiger partial charge >= 0.3 is 6.03 Å². The van der Waals surface area contributed by atoms with Gasteiger partial charge in [-0.05, 0) is 48.0 Å². The molecule has 11 nitrogen and oxygen atoms in total. The van der Waals surface area contributed by atoms with E-state index in [0.717, 1.165) is 4.90 Å².